The second kappa shape index (κ2) is 7.87. The first-order valence-corrected chi connectivity index (χ1v) is 8.39. The predicted octanol–water partition coefficient (Wildman–Crippen LogP) is 2.71. The second-order valence-corrected chi connectivity index (χ2v) is 6.15. The molecule has 2 heterocycles. The molecule has 0 aliphatic heterocycles. The number of azide groups is 1. The molecule has 3 rings (SSSR count). The Kier molecular flexibility index (Phi) is 5.37. The summed E-state index contributed by atoms with van der Waals surface area (Å²) in [4.78, 5) is 19.3. The SMILES string of the molecule is [N-]=[N+]=NCc1nc2c(OCC3CCCCC3)cccn2c1C(=O)NN. The molecular formula is C16H21N7O2. The van der Waals surface area contributed by atoms with Crippen molar-refractivity contribution in [2.24, 2.45) is 16.9 Å². The summed E-state index contributed by atoms with van der Waals surface area (Å²) in [6, 6.07) is 3.61. The summed E-state index contributed by atoms with van der Waals surface area (Å²) in [5, 5.41) is 3.51. The standard InChI is InChI=1S/C16H21N7O2/c17-21-16(24)14-12(9-19-22-18)20-15-13(7-4-8-23(14)15)25-10-11-5-2-1-3-6-11/h4,7-8,11H,1-3,5-6,9-10,17H2,(H,21,24). The molecule has 2 aromatic heterocycles. The highest BCUT2D eigenvalue weighted by atomic mass is 16.5. The second-order valence-electron chi connectivity index (χ2n) is 6.15. The lowest BCUT2D eigenvalue weighted by atomic mass is 9.90. The quantitative estimate of drug-likeness (QED) is 0.208. The van der Waals surface area contributed by atoms with E-state index < -0.39 is 5.91 Å². The van der Waals surface area contributed by atoms with Gasteiger partial charge in [0.15, 0.2) is 11.4 Å². The smallest absolute Gasteiger partial charge is 0.284 e. The van der Waals surface area contributed by atoms with Crippen LogP contribution >= 0.6 is 0 Å². The van der Waals surface area contributed by atoms with Gasteiger partial charge in [0.05, 0.1) is 18.8 Å². The predicted molar refractivity (Wildman–Crippen MR) is 91.8 cm³/mol. The van der Waals surface area contributed by atoms with Crippen molar-refractivity contribution in [2.75, 3.05) is 6.61 Å². The summed E-state index contributed by atoms with van der Waals surface area (Å²) in [6.45, 7) is 0.597. The van der Waals surface area contributed by atoms with E-state index >= 15 is 0 Å². The van der Waals surface area contributed by atoms with Crippen molar-refractivity contribution in [3.63, 3.8) is 0 Å². The van der Waals surface area contributed by atoms with Crippen molar-refractivity contribution in [2.45, 2.75) is 38.6 Å². The van der Waals surface area contributed by atoms with E-state index in [4.69, 9.17) is 16.1 Å². The van der Waals surface area contributed by atoms with Crippen LogP contribution in [0.1, 0.15) is 48.3 Å². The Bertz CT molecular complexity index is 804. The summed E-state index contributed by atoms with van der Waals surface area (Å²) in [5.41, 5.74) is 11.8. The number of carbonyl (C=O) groups is 1. The van der Waals surface area contributed by atoms with E-state index in [0.29, 0.717) is 29.6 Å². The molecule has 0 saturated heterocycles. The van der Waals surface area contributed by atoms with Crippen LogP contribution in [0.3, 0.4) is 0 Å². The van der Waals surface area contributed by atoms with Gasteiger partial charge in [-0.1, -0.05) is 24.4 Å². The molecule has 0 spiro atoms. The Morgan fingerprint density at radius 1 is 1.48 bits per heavy atom. The maximum atomic E-state index is 12.1. The number of nitrogens with one attached hydrogen (secondary N) is 1. The van der Waals surface area contributed by atoms with Crippen LogP contribution in [-0.4, -0.2) is 21.9 Å². The molecule has 1 fully saturated rings. The number of nitrogens with two attached hydrogens (primary N) is 1. The summed E-state index contributed by atoms with van der Waals surface area (Å²) in [6.07, 6.45) is 7.87. The molecule has 0 unspecified atom stereocenters. The largest absolute Gasteiger partial charge is 0.489 e. The average molecular weight is 343 g/mol. The molecule has 9 nitrogen and oxygen atoms in total. The number of imidazole rings is 1. The first kappa shape index (κ1) is 17.1. The van der Waals surface area contributed by atoms with Crippen LogP contribution in [0.2, 0.25) is 0 Å². The number of amides is 1. The third kappa shape index (κ3) is 3.67. The highest BCUT2D eigenvalue weighted by Gasteiger charge is 2.21. The van der Waals surface area contributed by atoms with Crippen molar-refractivity contribution in [1.82, 2.24) is 14.8 Å². The Labute approximate surface area is 144 Å². The number of nitrogens with zero attached hydrogens (tertiary/aromatic N) is 5. The van der Waals surface area contributed by atoms with Gasteiger partial charge in [0, 0.05) is 11.1 Å². The normalized spacial score (nSPS) is 14.9. The number of fused-ring (bicyclic) bond motifs is 1. The first-order valence-electron chi connectivity index (χ1n) is 8.39. The van der Waals surface area contributed by atoms with Crippen molar-refractivity contribution in [3.8, 4) is 5.75 Å². The van der Waals surface area contributed by atoms with E-state index in [1.54, 1.807) is 16.7 Å². The van der Waals surface area contributed by atoms with Gasteiger partial charge < -0.3 is 4.74 Å². The summed E-state index contributed by atoms with van der Waals surface area (Å²) in [5.74, 6) is 5.93. The molecule has 132 valence electrons. The van der Waals surface area contributed by atoms with Gasteiger partial charge in [0.1, 0.15) is 5.69 Å². The lowest BCUT2D eigenvalue weighted by molar-refractivity contribution is 0.0946. The van der Waals surface area contributed by atoms with Gasteiger partial charge in [-0.15, -0.1) is 0 Å². The van der Waals surface area contributed by atoms with E-state index in [0.717, 1.165) is 0 Å². The first-order chi connectivity index (χ1) is 12.2. The maximum Gasteiger partial charge on any atom is 0.284 e. The van der Waals surface area contributed by atoms with Crippen molar-refractivity contribution >= 4 is 11.6 Å². The van der Waals surface area contributed by atoms with Gasteiger partial charge in [-0.2, -0.15) is 0 Å². The zero-order chi connectivity index (χ0) is 17.6. The Morgan fingerprint density at radius 2 is 2.28 bits per heavy atom. The zero-order valence-electron chi connectivity index (χ0n) is 13.9. The minimum absolute atomic E-state index is 0.0387. The van der Waals surface area contributed by atoms with E-state index in [9.17, 15) is 4.79 Å². The fraction of sp³-hybridized carbons (Fsp3) is 0.500. The Morgan fingerprint density at radius 3 is 3.00 bits per heavy atom. The van der Waals surface area contributed by atoms with Crippen LogP contribution in [0, 0.1) is 5.92 Å². The summed E-state index contributed by atoms with van der Waals surface area (Å²) < 4.78 is 7.61. The zero-order valence-corrected chi connectivity index (χ0v) is 13.9. The topological polar surface area (TPSA) is 130 Å². The molecule has 0 radical (unpaired) electrons. The number of pyridine rings is 1. The molecule has 0 bridgehead atoms. The molecule has 2 aromatic rings. The number of ether oxygens (including phenoxy) is 1. The fourth-order valence-corrected chi connectivity index (χ4v) is 3.28. The molecule has 1 aliphatic rings. The number of hydrogen-bond acceptors (Lipinski definition) is 5. The monoisotopic (exact) mass is 343 g/mol. The van der Waals surface area contributed by atoms with Gasteiger partial charge in [-0.3, -0.25) is 14.6 Å². The number of nitrogen functional groups attached to an aromatic ring is 1. The highest BCUT2D eigenvalue weighted by molar-refractivity contribution is 5.94. The average Bonchev–Trinajstić information content (AvgIpc) is 3.03. The lowest BCUT2D eigenvalue weighted by Crippen LogP contribution is -2.31. The van der Waals surface area contributed by atoms with Crippen LogP contribution in [0.4, 0.5) is 0 Å². The van der Waals surface area contributed by atoms with Gasteiger partial charge in [0.25, 0.3) is 5.91 Å². The van der Waals surface area contributed by atoms with Crippen LogP contribution in [0.25, 0.3) is 16.1 Å². The lowest BCUT2D eigenvalue weighted by Gasteiger charge is -2.21. The minimum Gasteiger partial charge on any atom is -0.489 e. The van der Waals surface area contributed by atoms with Crippen LogP contribution < -0.4 is 16.0 Å². The van der Waals surface area contributed by atoms with E-state index in [2.05, 4.69) is 20.4 Å². The van der Waals surface area contributed by atoms with E-state index in [1.807, 2.05) is 6.07 Å². The molecule has 0 aromatic carbocycles. The highest BCUT2D eigenvalue weighted by Crippen LogP contribution is 2.27. The Balaban J connectivity index is 1.92. The Hall–Kier alpha value is -2.77. The van der Waals surface area contributed by atoms with E-state index in [-0.39, 0.29) is 12.2 Å². The van der Waals surface area contributed by atoms with E-state index in [1.165, 1.54) is 32.1 Å². The van der Waals surface area contributed by atoms with Crippen LogP contribution in [0.15, 0.2) is 23.4 Å². The molecule has 1 saturated carbocycles. The number of hydrazine groups is 1. The number of hydrogen-bond donors (Lipinski definition) is 2. The molecule has 1 amide bonds. The number of aromatic nitrogens is 2. The fourth-order valence-electron chi connectivity index (χ4n) is 3.28. The maximum absolute atomic E-state index is 12.1. The third-order valence-corrected chi connectivity index (χ3v) is 4.52. The van der Waals surface area contributed by atoms with Gasteiger partial charge in [0.2, 0.25) is 0 Å². The molecular weight excluding hydrogens is 322 g/mol. The molecule has 0 atom stereocenters. The summed E-state index contributed by atoms with van der Waals surface area (Å²) >= 11 is 0. The van der Waals surface area contributed by atoms with Gasteiger partial charge in [-0.05, 0) is 36.4 Å². The van der Waals surface area contributed by atoms with Crippen molar-refractivity contribution < 1.29 is 9.53 Å². The van der Waals surface area contributed by atoms with Crippen molar-refractivity contribution in [3.05, 3.63) is 40.2 Å². The van der Waals surface area contributed by atoms with Crippen molar-refractivity contribution in [1.29, 1.82) is 0 Å². The number of carbonyl (C=O) groups excluding carboxylic acids is 1. The molecule has 25 heavy (non-hydrogen) atoms. The van der Waals surface area contributed by atoms with Crippen LogP contribution in [0.5, 0.6) is 5.75 Å². The van der Waals surface area contributed by atoms with Crippen LogP contribution in [-0.2, 0) is 6.54 Å². The number of rotatable bonds is 6. The van der Waals surface area contributed by atoms with Gasteiger partial charge >= 0.3 is 0 Å². The summed E-state index contributed by atoms with van der Waals surface area (Å²) in [7, 11) is 0. The minimum atomic E-state index is -0.500. The molecule has 9 heteroatoms. The molecule has 1 aliphatic carbocycles. The molecule has 3 N–H and O–H groups in total. The third-order valence-electron chi connectivity index (χ3n) is 4.52. The van der Waals surface area contributed by atoms with Gasteiger partial charge in [-0.25, -0.2) is 10.8 Å².